The Kier molecular flexibility index (Phi) is 67.9. The van der Waals surface area contributed by atoms with Crippen LogP contribution in [0.2, 0.25) is 0 Å². The topological polar surface area (TPSA) is 95.9 Å². The van der Waals surface area contributed by atoms with Crippen molar-refractivity contribution in [3.8, 4) is 0 Å². The molecule has 0 saturated carbocycles. The Hall–Kier alpha value is -1.40. The summed E-state index contributed by atoms with van der Waals surface area (Å²) in [5, 5.41) is 23.4. The number of aliphatic hydroxyl groups excluding tert-OH is 2. The summed E-state index contributed by atoms with van der Waals surface area (Å²) in [7, 11) is 0. The van der Waals surface area contributed by atoms with Crippen LogP contribution >= 0.6 is 0 Å². The van der Waals surface area contributed by atoms with Crippen molar-refractivity contribution in [2.75, 3.05) is 13.2 Å². The van der Waals surface area contributed by atoms with Crippen LogP contribution in [0.15, 0.2) is 12.2 Å². The van der Waals surface area contributed by atoms with Crippen LogP contribution in [0.25, 0.3) is 0 Å². The lowest BCUT2D eigenvalue weighted by atomic mass is 10.0. The number of amides is 1. The average molecular weight is 1110 g/mol. The molecule has 2 unspecified atom stereocenters. The largest absolute Gasteiger partial charge is 0.466 e. The number of allylic oxidation sites excluding steroid dienone is 2. The molecule has 0 bridgehead atoms. The van der Waals surface area contributed by atoms with E-state index in [9.17, 15) is 19.8 Å². The highest BCUT2D eigenvalue weighted by molar-refractivity contribution is 5.76. The van der Waals surface area contributed by atoms with Crippen molar-refractivity contribution < 1.29 is 24.5 Å². The Balaban J connectivity index is 3.33. The number of unbranched alkanes of at least 4 members (excludes halogenated alkanes) is 56. The molecule has 6 nitrogen and oxygen atoms in total. The second-order valence-corrected chi connectivity index (χ2v) is 25.3. The molecule has 0 fully saturated rings. The lowest BCUT2D eigenvalue weighted by Gasteiger charge is -2.22. The fraction of sp³-hybridized carbons (Fsp3) is 0.945. The molecule has 0 aromatic heterocycles. The van der Waals surface area contributed by atoms with E-state index < -0.39 is 12.1 Å². The standard InChI is InChI=1S/C73H143NO5/c1-3-5-7-9-11-13-15-17-19-21-30-35-39-43-47-51-55-59-63-67-73(78)79-68-64-60-56-52-48-44-40-36-32-29-27-25-23-22-24-26-28-31-34-38-42-46-50-54-58-62-66-72(77)74-70(69-75)71(76)65-61-57-53-49-45-41-37-33-20-18-16-14-12-10-8-6-4-2/h17,19,70-71,75-76H,3-16,18,20-69H2,1-2H3,(H,74,77)/b19-17-. The molecule has 6 heteroatoms. The van der Waals surface area contributed by atoms with Crippen LogP contribution in [0.5, 0.6) is 0 Å². The normalized spacial score (nSPS) is 12.5. The third-order valence-corrected chi connectivity index (χ3v) is 17.3. The van der Waals surface area contributed by atoms with Gasteiger partial charge in [0.05, 0.1) is 25.4 Å². The number of hydrogen-bond donors (Lipinski definition) is 3. The summed E-state index contributed by atoms with van der Waals surface area (Å²) in [5.74, 6) is -0.0105. The molecule has 0 rings (SSSR count). The second kappa shape index (κ2) is 69.1. The summed E-state index contributed by atoms with van der Waals surface area (Å²) in [4.78, 5) is 24.6. The van der Waals surface area contributed by atoms with Crippen LogP contribution in [0, 0.1) is 0 Å². The minimum absolute atomic E-state index is 0.0181. The molecule has 0 aromatic rings. The van der Waals surface area contributed by atoms with Crippen molar-refractivity contribution >= 4 is 11.9 Å². The lowest BCUT2D eigenvalue weighted by molar-refractivity contribution is -0.143. The number of carbonyl (C=O) groups is 2. The number of rotatable bonds is 69. The van der Waals surface area contributed by atoms with Gasteiger partial charge in [-0.3, -0.25) is 9.59 Å². The van der Waals surface area contributed by atoms with Crippen LogP contribution in [0.4, 0.5) is 0 Å². The van der Waals surface area contributed by atoms with Crippen molar-refractivity contribution in [3.63, 3.8) is 0 Å². The van der Waals surface area contributed by atoms with Crippen LogP contribution in [0.3, 0.4) is 0 Å². The zero-order valence-electron chi connectivity index (χ0n) is 53.9. The molecule has 2 atom stereocenters. The van der Waals surface area contributed by atoms with Crippen LogP contribution in [-0.4, -0.2) is 47.4 Å². The number of hydrogen-bond acceptors (Lipinski definition) is 5. The van der Waals surface area contributed by atoms with Gasteiger partial charge in [-0.05, 0) is 51.4 Å². The minimum Gasteiger partial charge on any atom is -0.466 e. The van der Waals surface area contributed by atoms with E-state index in [2.05, 4.69) is 31.3 Å². The highest BCUT2D eigenvalue weighted by Gasteiger charge is 2.20. The molecule has 0 heterocycles. The molecule has 79 heavy (non-hydrogen) atoms. The Bertz CT molecular complexity index is 1190. The SMILES string of the molecule is CCCCCCCC/C=C\CCCCCCCCCCCC(=O)OCCCCCCCCCCCCCCCCCCCCCCCCCCCCC(=O)NC(CO)C(O)CCCCCCCCCCCCCCCCCCC. The van der Waals surface area contributed by atoms with Gasteiger partial charge in [0.1, 0.15) is 0 Å². The van der Waals surface area contributed by atoms with E-state index in [0.29, 0.717) is 25.9 Å². The van der Waals surface area contributed by atoms with E-state index in [1.807, 2.05) is 0 Å². The highest BCUT2D eigenvalue weighted by Crippen LogP contribution is 2.19. The zero-order valence-corrected chi connectivity index (χ0v) is 53.9. The number of nitrogens with one attached hydrogen (secondary N) is 1. The molecule has 470 valence electrons. The third-order valence-electron chi connectivity index (χ3n) is 17.3. The first-order valence-corrected chi connectivity index (χ1v) is 36.4. The lowest BCUT2D eigenvalue weighted by Crippen LogP contribution is -2.45. The van der Waals surface area contributed by atoms with Crippen molar-refractivity contribution in [1.82, 2.24) is 5.32 Å². The van der Waals surface area contributed by atoms with Gasteiger partial charge in [-0.25, -0.2) is 0 Å². The molecule has 0 aromatic carbocycles. The number of ether oxygens (including phenoxy) is 1. The number of esters is 1. The molecule has 3 N–H and O–H groups in total. The monoisotopic (exact) mass is 1110 g/mol. The molecule has 0 aliphatic rings. The number of aliphatic hydroxyl groups is 2. The Morgan fingerprint density at radius 3 is 0.899 bits per heavy atom. The van der Waals surface area contributed by atoms with E-state index in [-0.39, 0.29) is 18.5 Å². The first-order valence-electron chi connectivity index (χ1n) is 36.4. The third kappa shape index (κ3) is 65.6. The van der Waals surface area contributed by atoms with E-state index in [1.54, 1.807) is 0 Å². The molecule has 0 aliphatic heterocycles. The maximum absolute atomic E-state index is 12.5. The molecular formula is C73H143NO5. The van der Waals surface area contributed by atoms with E-state index in [1.165, 1.54) is 347 Å². The minimum atomic E-state index is -0.662. The Morgan fingerprint density at radius 2 is 0.595 bits per heavy atom. The van der Waals surface area contributed by atoms with Crippen LogP contribution in [0.1, 0.15) is 418 Å². The molecule has 0 aliphatic carbocycles. The maximum Gasteiger partial charge on any atom is 0.305 e. The van der Waals surface area contributed by atoms with Crippen molar-refractivity contribution in [3.05, 3.63) is 12.2 Å². The fourth-order valence-corrected chi connectivity index (χ4v) is 11.8. The van der Waals surface area contributed by atoms with Crippen molar-refractivity contribution in [2.24, 2.45) is 0 Å². The van der Waals surface area contributed by atoms with Gasteiger partial charge in [-0.1, -0.05) is 366 Å². The maximum atomic E-state index is 12.5. The van der Waals surface area contributed by atoms with E-state index in [0.717, 1.165) is 38.5 Å². The first-order chi connectivity index (χ1) is 39.0. The van der Waals surface area contributed by atoms with Crippen LogP contribution < -0.4 is 5.32 Å². The Morgan fingerprint density at radius 1 is 0.342 bits per heavy atom. The first kappa shape index (κ1) is 77.6. The predicted octanol–water partition coefficient (Wildman–Crippen LogP) is 23.5. The second-order valence-electron chi connectivity index (χ2n) is 25.3. The van der Waals surface area contributed by atoms with Gasteiger partial charge in [0.2, 0.25) is 5.91 Å². The van der Waals surface area contributed by atoms with Gasteiger partial charge in [0.25, 0.3) is 0 Å². The summed E-state index contributed by atoms with van der Waals surface area (Å²) in [5.41, 5.74) is 0. The highest BCUT2D eigenvalue weighted by atomic mass is 16.5. The fourth-order valence-electron chi connectivity index (χ4n) is 11.8. The summed E-state index contributed by atoms with van der Waals surface area (Å²) >= 11 is 0. The van der Waals surface area contributed by atoms with Gasteiger partial charge < -0.3 is 20.3 Å². The molecular weight excluding hydrogens is 971 g/mol. The van der Waals surface area contributed by atoms with Crippen LogP contribution in [-0.2, 0) is 14.3 Å². The van der Waals surface area contributed by atoms with Gasteiger partial charge >= 0.3 is 5.97 Å². The predicted molar refractivity (Wildman–Crippen MR) is 347 cm³/mol. The molecule has 0 saturated heterocycles. The quantitative estimate of drug-likeness (QED) is 0.0320. The van der Waals surface area contributed by atoms with E-state index in [4.69, 9.17) is 4.74 Å². The zero-order chi connectivity index (χ0) is 57.1. The van der Waals surface area contributed by atoms with Crippen molar-refractivity contribution in [1.29, 1.82) is 0 Å². The molecule has 0 radical (unpaired) electrons. The smallest absolute Gasteiger partial charge is 0.305 e. The van der Waals surface area contributed by atoms with Gasteiger partial charge in [-0.15, -0.1) is 0 Å². The summed E-state index contributed by atoms with van der Waals surface area (Å²) in [6.07, 6.45) is 85.5. The number of carbonyl (C=O) groups excluding carboxylic acids is 2. The molecule has 1 amide bonds. The van der Waals surface area contributed by atoms with Gasteiger partial charge in [0, 0.05) is 12.8 Å². The average Bonchev–Trinajstić information content (AvgIpc) is 3.45. The van der Waals surface area contributed by atoms with E-state index >= 15 is 0 Å². The van der Waals surface area contributed by atoms with Crippen molar-refractivity contribution in [2.45, 2.75) is 431 Å². The van der Waals surface area contributed by atoms with Gasteiger partial charge in [0.15, 0.2) is 0 Å². The summed E-state index contributed by atoms with van der Waals surface area (Å²) in [6.45, 7) is 4.99. The Labute approximate surface area is 495 Å². The van der Waals surface area contributed by atoms with Gasteiger partial charge in [-0.2, -0.15) is 0 Å². The summed E-state index contributed by atoms with van der Waals surface area (Å²) in [6, 6.07) is -0.539. The molecule has 0 spiro atoms. The summed E-state index contributed by atoms with van der Waals surface area (Å²) < 4.78 is 5.51.